The van der Waals surface area contributed by atoms with E-state index in [9.17, 15) is 10.2 Å². The van der Waals surface area contributed by atoms with Crippen LogP contribution in [0, 0.1) is 5.92 Å². The van der Waals surface area contributed by atoms with Gasteiger partial charge >= 0.3 is 0 Å². The maximum absolute atomic E-state index is 10.8. The number of allylic oxidation sites excluding steroid dienone is 8. The number of nitrogens with zero attached hydrogens (tertiary/aromatic N) is 1. The van der Waals surface area contributed by atoms with Crippen molar-refractivity contribution in [2.24, 2.45) is 5.92 Å². The van der Waals surface area contributed by atoms with Crippen molar-refractivity contribution in [1.82, 2.24) is 4.90 Å². The third-order valence-electron chi connectivity index (χ3n) is 9.14. The van der Waals surface area contributed by atoms with E-state index < -0.39 is 18.5 Å². The summed E-state index contributed by atoms with van der Waals surface area (Å²) in [5.74, 6) is -0.422. The van der Waals surface area contributed by atoms with Gasteiger partial charge in [0.25, 0.3) is 0 Å². The molecule has 0 bridgehead atoms. The first kappa shape index (κ1) is 47.8. The van der Waals surface area contributed by atoms with Crippen molar-refractivity contribution in [3.05, 3.63) is 48.6 Å². The minimum Gasteiger partial charge on any atom is -0.368 e. The Morgan fingerprint density at radius 2 is 0.796 bits per heavy atom. The molecule has 3 atom stereocenters. The van der Waals surface area contributed by atoms with E-state index in [0.29, 0.717) is 19.6 Å². The second kappa shape index (κ2) is 39.5. The van der Waals surface area contributed by atoms with Gasteiger partial charge < -0.3 is 24.6 Å². The highest BCUT2D eigenvalue weighted by molar-refractivity contribution is 4.93. The molecule has 0 aliphatic rings. The van der Waals surface area contributed by atoms with Gasteiger partial charge in [0.05, 0.1) is 5.92 Å². The lowest BCUT2D eigenvalue weighted by molar-refractivity contribution is -0.221. The van der Waals surface area contributed by atoms with E-state index in [4.69, 9.17) is 9.47 Å². The Labute approximate surface area is 305 Å². The van der Waals surface area contributed by atoms with E-state index in [2.05, 4.69) is 67.4 Å². The molecule has 0 aromatic carbocycles. The Morgan fingerprint density at radius 3 is 1.16 bits per heavy atom. The summed E-state index contributed by atoms with van der Waals surface area (Å²) >= 11 is 0. The first-order valence-electron chi connectivity index (χ1n) is 20.9. The van der Waals surface area contributed by atoms with Crippen LogP contribution in [-0.4, -0.2) is 61.5 Å². The Hall–Kier alpha value is -1.24. The average Bonchev–Trinajstić information content (AvgIpc) is 3.09. The van der Waals surface area contributed by atoms with Crippen LogP contribution in [0.25, 0.3) is 0 Å². The Kier molecular flexibility index (Phi) is 38.5. The van der Waals surface area contributed by atoms with Gasteiger partial charge in [0.15, 0.2) is 12.6 Å². The molecule has 5 nitrogen and oxygen atoms in total. The summed E-state index contributed by atoms with van der Waals surface area (Å²) in [4.78, 5) is 2.13. The predicted molar refractivity (Wildman–Crippen MR) is 214 cm³/mol. The van der Waals surface area contributed by atoms with Crippen LogP contribution >= 0.6 is 0 Å². The first-order chi connectivity index (χ1) is 24.0. The summed E-state index contributed by atoms with van der Waals surface area (Å²) in [7, 11) is 4.10. The molecule has 1 unspecified atom stereocenters. The van der Waals surface area contributed by atoms with Gasteiger partial charge in [-0.25, -0.2) is 0 Å². The summed E-state index contributed by atoms with van der Waals surface area (Å²) in [5, 5.41) is 21.6. The molecular formula is C44H83NO4. The number of unbranched alkanes of at least 4 members (excludes halogenated alkanes) is 18. The summed E-state index contributed by atoms with van der Waals surface area (Å²) in [6, 6.07) is 0. The number of aliphatic hydroxyl groups excluding tert-OH is 2. The van der Waals surface area contributed by atoms with Crippen LogP contribution in [0.1, 0.15) is 181 Å². The maximum atomic E-state index is 10.8. The number of aliphatic hydroxyl groups is 2. The van der Waals surface area contributed by atoms with Gasteiger partial charge in [-0.2, -0.15) is 0 Å². The third kappa shape index (κ3) is 36.4. The van der Waals surface area contributed by atoms with Gasteiger partial charge in [-0.15, -0.1) is 0 Å². The largest absolute Gasteiger partial charge is 0.368 e. The van der Waals surface area contributed by atoms with Crippen LogP contribution in [0.3, 0.4) is 0 Å². The average molecular weight is 690 g/mol. The van der Waals surface area contributed by atoms with E-state index in [1.165, 1.54) is 116 Å². The third-order valence-corrected chi connectivity index (χ3v) is 9.14. The van der Waals surface area contributed by atoms with Crippen molar-refractivity contribution < 1.29 is 19.7 Å². The Balaban J connectivity index is 3.98. The molecule has 0 spiro atoms. The highest BCUT2D eigenvalue weighted by atomic mass is 16.6. The maximum Gasteiger partial charge on any atom is 0.162 e. The SMILES string of the molecule is CCCCC/C=C\C/C=C\CCCCCCCCO[C@@H](O)C(CCCN(C)C)[C@@H](O)OCCCCCCCC/C=C\C/C=C\CCCCC. The highest BCUT2D eigenvalue weighted by Gasteiger charge is 2.28. The molecule has 288 valence electrons. The van der Waals surface area contributed by atoms with E-state index in [-0.39, 0.29) is 0 Å². The van der Waals surface area contributed by atoms with E-state index in [1.54, 1.807) is 0 Å². The fraction of sp³-hybridized carbons (Fsp3) is 0.818. The Morgan fingerprint density at radius 1 is 0.449 bits per heavy atom. The topological polar surface area (TPSA) is 62.2 Å². The molecule has 0 radical (unpaired) electrons. The standard InChI is InChI=1S/C44H83NO4/c1-5-7-9-11-13-15-17-19-21-23-25-27-29-31-33-35-40-48-43(46)42(38-37-39-45(3)4)44(47)49-41-36-34-32-30-28-26-24-22-20-18-16-14-12-10-8-6-2/h13-16,19-22,42-44,46-47H,5-12,17-18,23-41H2,1-4H3/b15-13-,16-14-,21-19-,22-20-/t42?,43-,44+. The van der Waals surface area contributed by atoms with Crippen LogP contribution in [0.4, 0.5) is 0 Å². The molecule has 0 saturated heterocycles. The normalized spacial score (nSPS) is 14.4. The molecule has 0 saturated carbocycles. The van der Waals surface area contributed by atoms with Crippen LogP contribution in [0.15, 0.2) is 48.6 Å². The van der Waals surface area contributed by atoms with Crippen molar-refractivity contribution in [3.8, 4) is 0 Å². The lowest BCUT2D eigenvalue weighted by Gasteiger charge is -2.28. The second-order valence-corrected chi connectivity index (χ2v) is 14.3. The van der Waals surface area contributed by atoms with E-state index >= 15 is 0 Å². The quantitative estimate of drug-likeness (QED) is 0.0384. The van der Waals surface area contributed by atoms with E-state index in [0.717, 1.165) is 51.5 Å². The molecular weight excluding hydrogens is 606 g/mol. The lowest BCUT2D eigenvalue weighted by Crippen LogP contribution is -2.36. The van der Waals surface area contributed by atoms with Crippen molar-refractivity contribution in [2.75, 3.05) is 33.9 Å². The molecule has 5 heteroatoms. The molecule has 0 aliphatic heterocycles. The number of hydrogen-bond donors (Lipinski definition) is 2. The minimum absolute atomic E-state index is 0.422. The van der Waals surface area contributed by atoms with Crippen molar-refractivity contribution >= 4 is 0 Å². The summed E-state index contributed by atoms with van der Waals surface area (Å²) in [5.41, 5.74) is 0. The van der Waals surface area contributed by atoms with Crippen LogP contribution in [0.2, 0.25) is 0 Å². The first-order valence-corrected chi connectivity index (χ1v) is 20.9. The van der Waals surface area contributed by atoms with Crippen LogP contribution < -0.4 is 0 Å². The molecule has 0 amide bonds. The summed E-state index contributed by atoms with van der Waals surface area (Å²) in [6.07, 6.45) is 47.0. The molecule has 0 aromatic rings. The highest BCUT2D eigenvalue weighted by Crippen LogP contribution is 2.20. The van der Waals surface area contributed by atoms with Gasteiger partial charge in [-0.3, -0.25) is 0 Å². The van der Waals surface area contributed by atoms with Gasteiger partial charge in [0.2, 0.25) is 0 Å². The fourth-order valence-corrected chi connectivity index (χ4v) is 5.91. The predicted octanol–water partition coefficient (Wildman–Crippen LogP) is 12.2. The van der Waals surface area contributed by atoms with Gasteiger partial charge in [-0.1, -0.05) is 140 Å². The summed E-state index contributed by atoms with van der Waals surface area (Å²) in [6.45, 7) is 6.47. The fourth-order valence-electron chi connectivity index (χ4n) is 5.91. The summed E-state index contributed by atoms with van der Waals surface area (Å²) < 4.78 is 11.6. The van der Waals surface area contributed by atoms with Gasteiger partial charge in [-0.05, 0) is 111 Å². The number of hydrogen-bond acceptors (Lipinski definition) is 5. The molecule has 0 fully saturated rings. The van der Waals surface area contributed by atoms with Gasteiger partial charge in [0.1, 0.15) is 0 Å². The van der Waals surface area contributed by atoms with Crippen LogP contribution in [-0.2, 0) is 9.47 Å². The van der Waals surface area contributed by atoms with E-state index in [1.807, 2.05) is 14.1 Å². The monoisotopic (exact) mass is 690 g/mol. The minimum atomic E-state index is -0.994. The Bertz CT molecular complexity index is 706. The molecule has 2 N–H and O–H groups in total. The second-order valence-electron chi connectivity index (χ2n) is 14.3. The zero-order chi connectivity index (χ0) is 35.9. The smallest absolute Gasteiger partial charge is 0.162 e. The number of ether oxygens (including phenoxy) is 2. The molecule has 0 heterocycles. The number of rotatable bonds is 38. The van der Waals surface area contributed by atoms with Crippen molar-refractivity contribution in [1.29, 1.82) is 0 Å². The van der Waals surface area contributed by atoms with Crippen LogP contribution in [0.5, 0.6) is 0 Å². The lowest BCUT2D eigenvalue weighted by atomic mass is 10.0. The molecule has 49 heavy (non-hydrogen) atoms. The molecule has 0 aliphatic carbocycles. The van der Waals surface area contributed by atoms with Crippen molar-refractivity contribution in [2.45, 2.75) is 193 Å². The zero-order valence-corrected chi connectivity index (χ0v) is 33.0. The zero-order valence-electron chi connectivity index (χ0n) is 33.0. The van der Waals surface area contributed by atoms with Gasteiger partial charge in [0, 0.05) is 13.2 Å². The molecule has 0 aromatic heterocycles. The van der Waals surface area contributed by atoms with Crippen molar-refractivity contribution in [3.63, 3.8) is 0 Å². The molecule has 0 rings (SSSR count).